The summed E-state index contributed by atoms with van der Waals surface area (Å²) in [6, 6.07) is 16.3. The molecule has 94 valence electrons. The molecule has 2 aromatic carbocycles. The third-order valence-corrected chi connectivity index (χ3v) is 2.40. The Kier molecular flexibility index (Phi) is 4.20. The predicted octanol–water partition coefficient (Wildman–Crippen LogP) is 2.79. The molecule has 0 amide bonds. The molecular weight excluding hydrogens is 238 g/mol. The summed E-state index contributed by atoms with van der Waals surface area (Å²) in [5, 5.41) is 13.3. The highest BCUT2D eigenvalue weighted by Gasteiger charge is 1.99. The van der Waals surface area contributed by atoms with Crippen molar-refractivity contribution in [2.24, 2.45) is 5.16 Å². The van der Waals surface area contributed by atoms with Gasteiger partial charge in [0, 0.05) is 11.1 Å². The number of hydrogen-bond acceptors (Lipinski definition) is 3. The zero-order valence-corrected chi connectivity index (χ0v) is 10.5. The van der Waals surface area contributed by atoms with Gasteiger partial charge in [-0.3, -0.25) is 0 Å². The van der Waals surface area contributed by atoms with Crippen LogP contribution in [0.15, 0.2) is 59.8 Å². The third-order valence-electron chi connectivity index (χ3n) is 2.40. The molecule has 0 atom stereocenters. The first kappa shape index (κ1) is 12.7. The largest absolute Gasteiger partial charge is 0.508 e. The van der Waals surface area contributed by atoms with Crippen molar-refractivity contribution in [1.29, 1.82) is 0 Å². The molecule has 0 spiro atoms. The van der Waals surface area contributed by atoms with Crippen LogP contribution in [-0.2, 0) is 4.84 Å². The topological polar surface area (TPSA) is 41.8 Å². The van der Waals surface area contributed by atoms with Gasteiger partial charge in [-0.05, 0) is 24.1 Å². The lowest BCUT2D eigenvalue weighted by Crippen LogP contribution is -1.97. The molecule has 0 aliphatic carbocycles. The van der Waals surface area contributed by atoms with Crippen molar-refractivity contribution >= 4 is 5.71 Å². The fourth-order valence-corrected chi connectivity index (χ4v) is 1.55. The average Bonchev–Trinajstić information content (AvgIpc) is 2.44. The van der Waals surface area contributed by atoms with E-state index in [9.17, 15) is 5.11 Å². The maximum absolute atomic E-state index is 9.38. The number of aromatic hydroxyl groups is 1. The van der Waals surface area contributed by atoms with Gasteiger partial charge in [-0.15, -0.1) is 0 Å². The Labute approximate surface area is 112 Å². The summed E-state index contributed by atoms with van der Waals surface area (Å²) in [7, 11) is 1.49. The minimum atomic E-state index is 0.191. The molecule has 0 bridgehead atoms. The molecule has 19 heavy (non-hydrogen) atoms. The smallest absolute Gasteiger partial charge is 0.160 e. The van der Waals surface area contributed by atoms with Crippen LogP contribution in [0.4, 0.5) is 0 Å². The molecule has 3 nitrogen and oxygen atoms in total. The Balaban J connectivity index is 2.31. The van der Waals surface area contributed by atoms with Gasteiger partial charge in [0.2, 0.25) is 0 Å². The molecule has 0 heterocycles. The molecule has 0 aliphatic heterocycles. The maximum atomic E-state index is 9.38. The molecule has 0 radical (unpaired) electrons. The number of hydrogen-bond donors (Lipinski definition) is 1. The molecule has 0 aliphatic rings. The van der Waals surface area contributed by atoms with E-state index in [4.69, 9.17) is 4.84 Å². The summed E-state index contributed by atoms with van der Waals surface area (Å²) in [5.74, 6) is 6.08. The second kappa shape index (κ2) is 6.27. The minimum Gasteiger partial charge on any atom is -0.508 e. The first-order valence-corrected chi connectivity index (χ1v) is 5.77. The Morgan fingerprint density at radius 3 is 2.58 bits per heavy atom. The lowest BCUT2D eigenvalue weighted by molar-refractivity contribution is 0.214. The van der Waals surface area contributed by atoms with E-state index in [1.54, 1.807) is 18.2 Å². The van der Waals surface area contributed by atoms with E-state index in [2.05, 4.69) is 17.0 Å². The summed E-state index contributed by atoms with van der Waals surface area (Å²) >= 11 is 0. The van der Waals surface area contributed by atoms with E-state index >= 15 is 0 Å². The van der Waals surface area contributed by atoms with Crippen LogP contribution in [0.1, 0.15) is 11.1 Å². The number of phenolic OH excluding ortho intramolecular Hbond substituents is 1. The fourth-order valence-electron chi connectivity index (χ4n) is 1.55. The van der Waals surface area contributed by atoms with E-state index in [0.29, 0.717) is 5.71 Å². The summed E-state index contributed by atoms with van der Waals surface area (Å²) in [4.78, 5) is 4.81. The Hall–Kier alpha value is -2.73. The highest BCUT2D eigenvalue weighted by Crippen LogP contribution is 2.09. The summed E-state index contributed by atoms with van der Waals surface area (Å²) in [6.07, 6.45) is 0. The predicted molar refractivity (Wildman–Crippen MR) is 75.0 cm³/mol. The van der Waals surface area contributed by atoms with E-state index in [-0.39, 0.29) is 5.75 Å². The first-order chi connectivity index (χ1) is 9.29. The number of rotatable bonds is 2. The summed E-state index contributed by atoms with van der Waals surface area (Å²) in [6.45, 7) is 0. The molecule has 0 aromatic heterocycles. The van der Waals surface area contributed by atoms with Gasteiger partial charge in [0.1, 0.15) is 12.9 Å². The van der Waals surface area contributed by atoms with Crippen LogP contribution in [0.2, 0.25) is 0 Å². The third kappa shape index (κ3) is 3.62. The van der Waals surface area contributed by atoms with Gasteiger partial charge in [0.15, 0.2) is 5.71 Å². The van der Waals surface area contributed by atoms with Gasteiger partial charge in [-0.1, -0.05) is 47.5 Å². The summed E-state index contributed by atoms with van der Waals surface area (Å²) < 4.78 is 0. The number of benzene rings is 2. The van der Waals surface area contributed by atoms with Crippen molar-refractivity contribution in [3.05, 3.63) is 65.7 Å². The van der Waals surface area contributed by atoms with Gasteiger partial charge in [-0.2, -0.15) is 0 Å². The number of nitrogens with zero attached hydrogens (tertiary/aromatic N) is 1. The van der Waals surface area contributed by atoms with Gasteiger partial charge >= 0.3 is 0 Å². The zero-order chi connectivity index (χ0) is 13.5. The molecule has 0 unspecified atom stereocenters. The van der Waals surface area contributed by atoms with Crippen LogP contribution in [0.5, 0.6) is 5.75 Å². The van der Waals surface area contributed by atoms with Crippen molar-refractivity contribution in [1.82, 2.24) is 0 Å². The van der Waals surface area contributed by atoms with Crippen molar-refractivity contribution in [2.45, 2.75) is 0 Å². The van der Waals surface area contributed by atoms with Crippen LogP contribution in [0, 0.1) is 11.8 Å². The monoisotopic (exact) mass is 251 g/mol. The molecule has 0 fully saturated rings. The van der Waals surface area contributed by atoms with Crippen LogP contribution >= 0.6 is 0 Å². The molecule has 3 heteroatoms. The SMILES string of the molecule is CO/N=C(\C#Cc1cccc(O)c1)c1ccccc1. The molecule has 2 rings (SSSR count). The van der Waals surface area contributed by atoms with Crippen molar-refractivity contribution in [3.8, 4) is 17.6 Å². The quantitative estimate of drug-likeness (QED) is 0.506. The van der Waals surface area contributed by atoms with E-state index in [0.717, 1.165) is 11.1 Å². The van der Waals surface area contributed by atoms with Crippen molar-refractivity contribution in [2.75, 3.05) is 7.11 Å². The van der Waals surface area contributed by atoms with Crippen LogP contribution in [0.3, 0.4) is 0 Å². The number of phenols is 1. The Morgan fingerprint density at radius 2 is 1.89 bits per heavy atom. The van der Waals surface area contributed by atoms with Crippen molar-refractivity contribution in [3.63, 3.8) is 0 Å². The highest BCUT2D eigenvalue weighted by molar-refractivity contribution is 6.12. The van der Waals surface area contributed by atoms with E-state index in [1.165, 1.54) is 7.11 Å². The van der Waals surface area contributed by atoms with E-state index in [1.807, 2.05) is 36.4 Å². The standard InChI is InChI=1S/C16H13NO2/c1-19-17-16(14-7-3-2-4-8-14)11-10-13-6-5-9-15(18)12-13/h2-9,12,18H,1H3/b17-16+. The summed E-state index contributed by atoms with van der Waals surface area (Å²) in [5.41, 5.74) is 2.16. The van der Waals surface area contributed by atoms with Gasteiger partial charge in [0.25, 0.3) is 0 Å². The fraction of sp³-hybridized carbons (Fsp3) is 0.0625. The molecular formula is C16H13NO2. The lowest BCUT2D eigenvalue weighted by Gasteiger charge is -1.97. The Bertz CT molecular complexity index is 637. The molecule has 0 saturated heterocycles. The minimum absolute atomic E-state index is 0.191. The maximum Gasteiger partial charge on any atom is 0.160 e. The van der Waals surface area contributed by atoms with Gasteiger partial charge in [-0.25, -0.2) is 0 Å². The van der Waals surface area contributed by atoms with Gasteiger partial charge < -0.3 is 9.94 Å². The second-order valence-corrected chi connectivity index (χ2v) is 3.79. The molecule has 0 saturated carbocycles. The normalized spacial score (nSPS) is 10.5. The zero-order valence-electron chi connectivity index (χ0n) is 10.5. The molecule has 1 N–H and O–H groups in total. The van der Waals surface area contributed by atoms with E-state index < -0.39 is 0 Å². The average molecular weight is 251 g/mol. The van der Waals surface area contributed by atoms with Gasteiger partial charge in [0.05, 0.1) is 0 Å². The number of oxime groups is 1. The lowest BCUT2D eigenvalue weighted by atomic mass is 10.1. The van der Waals surface area contributed by atoms with Crippen LogP contribution in [0.25, 0.3) is 0 Å². The first-order valence-electron chi connectivity index (χ1n) is 5.77. The molecule has 2 aromatic rings. The van der Waals surface area contributed by atoms with Crippen molar-refractivity contribution < 1.29 is 9.94 Å². The van der Waals surface area contributed by atoms with Crippen LogP contribution < -0.4 is 0 Å². The second-order valence-electron chi connectivity index (χ2n) is 3.79. The Morgan fingerprint density at radius 1 is 1.11 bits per heavy atom. The highest BCUT2D eigenvalue weighted by atomic mass is 16.6. The van der Waals surface area contributed by atoms with Crippen LogP contribution in [-0.4, -0.2) is 17.9 Å².